The van der Waals surface area contributed by atoms with Crippen molar-refractivity contribution in [3.8, 4) is 0 Å². The summed E-state index contributed by atoms with van der Waals surface area (Å²) in [6.45, 7) is 5.60. The van der Waals surface area contributed by atoms with Crippen molar-refractivity contribution in [3.05, 3.63) is 0 Å². The average molecular weight is 336 g/mol. The Bertz CT molecular complexity index is 505. The fourth-order valence-electron chi connectivity index (χ4n) is 2.42. The lowest BCUT2D eigenvalue weighted by atomic mass is 10.1. The van der Waals surface area contributed by atoms with E-state index in [0.717, 1.165) is 4.31 Å². The molecule has 9 heteroatoms. The van der Waals surface area contributed by atoms with Gasteiger partial charge in [0.2, 0.25) is 0 Å². The molecule has 1 heterocycles. The van der Waals surface area contributed by atoms with Gasteiger partial charge in [0.05, 0.1) is 6.61 Å². The summed E-state index contributed by atoms with van der Waals surface area (Å²) in [6, 6.07) is -2.10. The molecule has 1 aliphatic heterocycles. The number of esters is 1. The first-order valence-corrected chi connectivity index (χ1v) is 8.81. The number of carbonyl (C=O) groups excluding carboxylic acids is 1. The predicted molar refractivity (Wildman–Crippen MR) is 79.3 cm³/mol. The van der Waals surface area contributed by atoms with Crippen LogP contribution in [0.2, 0.25) is 0 Å². The molecular formula is C13H24N2O6S. The molecule has 0 radical (unpaired) electrons. The zero-order valence-electron chi connectivity index (χ0n) is 13.1. The molecule has 1 saturated heterocycles. The first-order valence-electron chi connectivity index (χ1n) is 7.37. The largest absolute Gasteiger partial charge is 0.480 e. The fraction of sp³-hybridized carbons (Fsp3) is 0.846. The first-order chi connectivity index (χ1) is 10.2. The molecule has 8 nitrogen and oxygen atoms in total. The van der Waals surface area contributed by atoms with Crippen LogP contribution in [0.3, 0.4) is 0 Å². The Hall–Kier alpha value is -1.19. The van der Waals surface area contributed by atoms with E-state index in [1.807, 2.05) is 13.8 Å². The second kappa shape index (κ2) is 7.89. The van der Waals surface area contributed by atoms with Crippen LogP contribution >= 0.6 is 0 Å². The van der Waals surface area contributed by atoms with Gasteiger partial charge in [-0.3, -0.25) is 9.59 Å². The van der Waals surface area contributed by atoms with E-state index in [4.69, 9.17) is 9.84 Å². The van der Waals surface area contributed by atoms with Gasteiger partial charge < -0.3 is 9.84 Å². The van der Waals surface area contributed by atoms with E-state index < -0.39 is 34.2 Å². The maximum atomic E-state index is 12.4. The second-order valence-electron chi connectivity index (χ2n) is 5.66. The number of hydrogen-bond donors (Lipinski definition) is 2. The van der Waals surface area contributed by atoms with Gasteiger partial charge in [0.1, 0.15) is 12.1 Å². The van der Waals surface area contributed by atoms with Gasteiger partial charge in [-0.25, -0.2) is 0 Å². The lowest BCUT2D eigenvalue weighted by Crippen LogP contribution is -2.52. The van der Waals surface area contributed by atoms with Crippen molar-refractivity contribution in [3.63, 3.8) is 0 Å². The monoisotopic (exact) mass is 336 g/mol. The van der Waals surface area contributed by atoms with Crippen LogP contribution in [0.15, 0.2) is 0 Å². The highest BCUT2D eigenvalue weighted by molar-refractivity contribution is 7.87. The highest BCUT2D eigenvalue weighted by Crippen LogP contribution is 2.22. The topological polar surface area (TPSA) is 113 Å². The fourth-order valence-corrected chi connectivity index (χ4v) is 4.01. The Morgan fingerprint density at radius 2 is 2.05 bits per heavy atom. The molecule has 0 aliphatic carbocycles. The number of carboxylic acids is 1. The van der Waals surface area contributed by atoms with Gasteiger partial charge in [0, 0.05) is 6.54 Å². The second-order valence-corrected chi connectivity index (χ2v) is 7.32. The standard InChI is InChI=1S/C13H24N2O6S/c1-4-21-13(18)11-6-5-7-15(11)22(19,20)14-10(12(16)17)8-9(2)3/h9-11,14H,4-8H2,1-3H3,(H,16,17)/t10-,11?/m0/s1. The molecule has 1 fully saturated rings. The Balaban J connectivity index is 2.87. The lowest BCUT2D eigenvalue weighted by Gasteiger charge is -2.25. The Morgan fingerprint density at radius 1 is 1.41 bits per heavy atom. The number of hydrogen-bond acceptors (Lipinski definition) is 5. The van der Waals surface area contributed by atoms with E-state index >= 15 is 0 Å². The lowest BCUT2D eigenvalue weighted by molar-refractivity contribution is -0.146. The number of nitrogens with one attached hydrogen (secondary N) is 1. The van der Waals surface area contributed by atoms with Gasteiger partial charge in [-0.15, -0.1) is 0 Å². The average Bonchev–Trinajstić information content (AvgIpc) is 2.87. The SMILES string of the molecule is CCOC(=O)C1CCCN1S(=O)(=O)N[C@@H](CC(C)C)C(=O)O. The minimum atomic E-state index is -4.06. The van der Waals surface area contributed by atoms with Crippen molar-refractivity contribution >= 4 is 22.1 Å². The molecule has 128 valence electrons. The minimum absolute atomic E-state index is 0.0169. The van der Waals surface area contributed by atoms with Gasteiger partial charge in [-0.1, -0.05) is 13.8 Å². The Kier molecular flexibility index (Phi) is 6.76. The summed E-state index contributed by atoms with van der Waals surface area (Å²) >= 11 is 0. The van der Waals surface area contributed by atoms with Gasteiger partial charge in [-0.05, 0) is 32.1 Å². The third-order valence-corrected chi connectivity index (χ3v) is 5.00. The molecule has 0 aromatic carbocycles. The van der Waals surface area contributed by atoms with Crippen molar-refractivity contribution in [2.75, 3.05) is 13.2 Å². The maximum absolute atomic E-state index is 12.4. The van der Waals surface area contributed by atoms with E-state index in [0.29, 0.717) is 12.8 Å². The summed E-state index contributed by atoms with van der Waals surface area (Å²) in [5.74, 6) is -1.81. The van der Waals surface area contributed by atoms with Gasteiger partial charge in [0.15, 0.2) is 0 Å². The smallest absolute Gasteiger partial charge is 0.324 e. The van der Waals surface area contributed by atoms with Crippen LogP contribution in [0, 0.1) is 5.92 Å². The molecule has 0 bridgehead atoms. The zero-order valence-corrected chi connectivity index (χ0v) is 13.9. The Morgan fingerprint density at radius 3 is 2.55 bits per heavy atom. The quantitative estimate of drug-likeness (QED) is 0.618. The molecule has 0 aromatic heterocycles. The zero-order chi connectivity index (χ0) is 16.9. The van der Waals surface area contributed by atoms with Crippen LogP contribution < -0.4 is 4.72 Å². The summed E-state index contributed by atoms with van der Waals surface area (Å²) in [4.78, 5) is 23.0. The molecular weight excluding hydrogens is 312 g/mol. The number of carbonyl (C=O) groups is 2. The van der Waals surface area contributed by atoms with Gasteiger partial charge in [-0.2, -0.15) is 17.4 Å². The molecule has 1 unspecified atom stereocenters. The third kappa shape index (κ3) is 4.92. The van der Waals surface area contributed by atoms with Crippen LogP contribution in [0.4, 0.5) is 0 Å². The van der Waals surface area contributed by atoms with Crippen molar-refractivity contribution < 1.29 is 27.9 Å². The molecule has 1 aliphatic rings. The van der Waals surface area contributed by atoms with Crippen molar-refractivity contribution in [2.45, 2.75) is 52.1 Å². The van der Waals surface area contributed by atoms with E-state index in [-0.39, 0.29) is 25.5 Å². The van der Waals surface area contributed by atoms with Crippen molar-refractivity contribution in [1.29, 1.82) is 0 Å². The highest BCUT2D eigenvalue weighted by atomic mass is 32.2. The maximum Gasteiger partial charge on any atom is 0.324 e. The van der Waals surface area contributed by atoms with Crippen LogP contribution in [0.25, 0.3) is 0 Å². The number of aliphatic carboxylic acids is 1. The summed E-state index contributed by atoms with van der Waals surface area (Å²) in [6.07, 6.45) is 1.08. The number of rotatable bonds is 8. The number of ether oxygens (including phenoxy) is 1. The van der Waals surface area contributed by atoms with Crippen molar-refractivity contribution in [2.24, 2.45) is 5.92 Å². The van der Waals surface area contributed by atoms with Crippen LogP contribution in [0.5, 0.6) is 0 Å². The Labute approximate surface area is 131 Å². The molecule has 0 spiro atoms. The number of nitrogens with zero attached hydrogens (tertiary/aromatic N) is 1. The third-order valence-electron chi connectivity index (χ3n) is 3.37. The normalized spacial score (nSPS) is 21.0. The molecule has 22 heavy (non-hydrogen) atoms. The first kappa shape index (κ1) is 18.9. The minimum Gasteiger partial charge on any atom is -0.480 e. The van der Waals surface area contributed by atoms with Crippen LogP contribution in [-0.2, 0) is 24.5 Å². The summed E-state index contributed by atoms with van der Waals surface area (Å²) in [5, 5.41) is 9.15. The van der Waals surface area contributed by atoms with Crippen LogP contribution in [-0.4, -0.2) is 55.0 Å². The predicted octanol–water partition coefficient (Wildman–Crippen LogP) is 0.348. The van der Waals surface area contributed by atoms with E-state index in [1.54, 1.807) is 6.92 Å². The summed E-state index contributed by atoms with van der Waals surface area (Å²) < 4.78 is 32.8. The van der Waals surface area contributed by atoms with Gasteiger partial charge >= 0.3 is 11.9 Å². The van der Waals surface area contributed by atoms with Crippen LogP contribution in [0.1, 0.15) is 40.0 Å². The molecule has 2 atom stereocenters. The van der Waals surface area contributed by atoms with E-state index in [1.165, 1.54) is 0 Å². The molecule has 0 amide bonds. The molecule has 0 saturated carbocycles. The number of carboxylic acid groups (broad SMARTS) is 1. The van der Waals surface area contributed by atoms with Crippen molar-refractivity contribution in [1.82, 2.24) is 9.03 Å². The van der Waals surface area contributed by atoms with Gasteiger partial charge in [0.25, 0.3) is 10.2 Å². The summed E-state index contributed by atoms with van der Waals surface area (Å²) in [7, 11) is -4.06. The molecule has 2 N–H and O–H groups in total. The molecule has 0 aromatic rings. The van der Waals surface area contributed by atoms with E-state index in [9.17, 15) is 18.0 Å². The summed E-state index contributed by atoms with van der Waals surface area (Å²) in [5.41, 5.74) is 0. The van der Waals surface area contributed by atoms with E-state index in [2.05, 4.69) is 4.72 Å². The highest BCUT2D eigenvalue weighted by Gasteiger charge is 2.41. The molecule has 1 rings (SSSR count).